The lowest BCUT2D eigenvalue weighted by atomic mass is 9.83. The van der Waals surface area contributed by atoms with Gasteiger partial charge in [-0.25, -0.2) is 0 Å². The minimum atomic E-state index is 0.296. The van der Waals surface area contributed by atoms with Crippen molar-refractivity contribution in [1.29, 1.82) is 0 Å². The predicted octanol–water partition coefficient (Wildman–Crippen LogP) is 3.56. The summed E-state index contributed by atoms with van der Waals surface area (Å²) in [4.78, 5) is 4.55. The molecule has 0 aromatic heterocycles. The van der Waals surface area contributed by atoms with Crippen LogP contribution in [-0.4, -0.2) is 5.71 Å². The Bertz CT molecular complexity index is 238. The van der Waals surface area contributed by atoms with Gasteiger partial charge in [0.2, 0.25) is 0 Å². The quantitative estimate of drug-likeness (QED) is 0.563. The Morgan fingerprint density at radius 3 is 2.17 bits per heavy atom. The van der Waals surface area contributed by atoms with Crippen LogP contribution < -0.4 is 0 Å². The first-order valence-corrected chi connectivity index (χ1v) is 4.71. The maximum atomic E-state index is 4.55. The topological polar surface area (TPSA) is 12.4 Å². The highest BCUT2D eigenvalue weighted by molar-refractivity contribution is 5.89. The SMILES string of the molecule is CCC1=NC(C)=C(C(C)(C)C)C1. The van der Waals surface area contributed by atoms with Gasteiger partial charge in [-0.2, -0.15) is 0 Å². The normalized spacial score (nSPS) is 18.6. The second-order valence-corrected chi connectivity index (χ2v) is 4.52. The summed E-state index contributed by atoms with van der Waals surface area (Å²) in [5, 5.41) is 0. The minimum Gasteiger partial charge on any atom is -0.262 e. The molecule has 12 heavy (non-hydrogen) atoms. The molecule has 0 radical (unpaired) electrons. The predicted molar refractivity (Wildman–Crippen MR) is 54.5 cm³/mol. The van der Waals surface area contributed by atoms with E-state index in [4.69, 9.17) is 0 Å². The van der Waals surface area contributed by atoms with E-state index in [0.29, 0.717) is 5.41 Å². The van der Waals surface area contributed by atoms with Crippen molar-refractivity contribution < 1.29 is 0 Å². The fraction of sp³-hybridized carbons (Fsp3) is 0.727. The molecule has 0 fully saturated rings. The van der Waals surface area contributed by atoms with Crippen molar-refractivity contribution in [3.05, 3.63) is 11.3 Å². The molecule has 0 spiro atoms. The monoisotopic (exact) mass is 165 g/mol. The molecule has 68 valence electrons. The van der Waals surface area contributed by atoms with Crippen molar-refractivity contribution in [2.45, 2.75) is 47.5 Å². The van der Waals surface area contributed by atoms with Gasteiger partial charge in [0.05, 0.1) is 0 Å². The number of rotatable bonds is 1. The minimum absolute atomic E-state index is 0.296. The van der Waals surface area contributed by atoms with Gasteiger partial charge in [-0.3, -0.25) is 4.99 Å². The van der Waals surface area contributed by atoms with Gasteiger partial charge in [-0.05, 0) is 24.3 Å². The fourth-order valence-corrected chi connectivity index (χ4v) is 1.69. The summed E-state index contributed by atoms with van der Waals surface area (Å²) < 4.78 is 0. The molecule has 1 aliphatic heterocycles. The molecule has 0 unspecified atom stereocenters. The summed E-state index contributed by atoms with van der Waals surface area (Å²) in [5.74, 6) is 0. The molecule has 1 heteroatoms. The molecular formula is C11H19N. The van der Waals surface area contributed by atoms with Gasteiger partial charge in [-0.1, -0.05) is 27.7 Å². The molecule has 0 aromatic rings. The van der Waals surface area contributed by atoms with Crippen molar-refractivity contribution in [1.82, 2.24) is 0 Å². The van der Waals surface area contributed by atoms with Crippen molar-refractivity contribution in [2.75, 3.05) is 0 Å². The van der Waals surface area contributed by atoms with Gasteiger partial charge in [0, 0.05) is 17.8 Å². The Labute approximate surface area is 75.6 Å². The van der Waals surface area contributed by atoms with Crippen LogP contribution in [0.1, 0.15) is 47.5 Å². The molecule has 0 atom stereocenters. The lowest BCUT2D eigenvalue weighted by Crippen LogP contribution is -2.10. The van der Waals surface area contributed by atoms with E-state index < -0.39 is 0 Å². The van der Waals surface area contributed by atoms with Crippen molar-refractivity contribution in [2.24, 2.45) is 10.4 Å². The van der Waals surface area contributed by atoms with Crippen LogP contribution in [0.25, 0.3) is 0 Å². The van der Waals surface area contributed by atoms with Gasteiger partial charge < -0.3 is 0 Å². The van der Waals surface area contributed by atoms with E-state index in [9.17, 15) is 0 Å². The maximum Gasteiger partial charge on any atom is 0.0373 e. The number of hydrogen-bond acceptors (Lipinski definition) is 1. The number of nitrogens with zero attached hydrogens (tertiary/aromatic N) is 1. The molecule has 0 bridgehead atoms. The van der Waals surface area contributed by atoms with Crippen LogP contribution in [0, 0.1) is 5.41 Å². The first-order valence-electron chi connectivity index (χ1n) is 4.71. The summed E-state index contributed by atoms with van der Waals surface area (Å²) in [6.45, 7) is 11.1. The molecule has 1 aliphatic rings. The molecule has 1 nitrogen and oxygen atoms in total. The average Bonchev–Trinajstić information content (AvgIpc) is 2.29. The molecule has 0 N–H and O–H groups in total. The third kappa shape index (κ3) is 1.77. The molecule has 0 saturated heterocycles. The lowest BCUT2D eigenvalue weighted by Gasteiger charge is -2.21. The zero-order valence-electron chi connectivity index (χ0n) is 8.86. The number of aliphatic imine (C=N–C) groups is 1. The third-order valence-electron chi connectivity index (χ3n) is 2.46. The van der Waals surface area contributed by atoms with Gasteiger partial charge in [0.1, 0.15) is 0 Å². The lowest BCUT2D eigenvalue weighted by molar-refractivity contribution is 0.494. The van der Waals surface area contributed by atoms with E-state index in [1.807, 2.05) is 0 Å². The first-order chi connectivity index (χ1) is 5.45. The number of allylic oxidation sites excluding steroid dienone is 2. The van der Waals surface area contributed by atoms with Crippen LogP contribution in [0.2, 0.25) is 0 Å². The van der Waals surface area contributed by atoms with E-state index in [-0.39, 0.29) is 0 Å². The summed E-state index contributed by atoms with van der Waals surface area (Å²) in [5.41, 5.74) is 4.40. The van der Waals surface area contributed by atoms with E-state index in [2.05, 4.69) is 39.6 Å². The Hall–Kier alpha value is -0.590. The summed E-state index contributed by atoms with van der Waals surface area (Å²) in [7, 11) is 0. The molecule has 0 aromatic carbocycles. The van der Waals surface area contributed by atoms with Crippen LogP contribution >= 0.6 is 0 Å². The van der Waals surface area contributed by atoms with Crippen LogP contribution in [0.4, 0.5) is 0 Å². The highest BCUT2D eigenvalue weighted by atomic mass is 14.8. The van der Waals surface area contributed by atoms with Crippen LogP contribution in [0.5, 0.6) is 0 Å². The maximum absolute atomic E-state index is 4.55. The zero-order chi connectivity index (χ0) is 9.35. The summed E-state index contributed by atoms with van der Waals surface area (Å²) >= 11 is 0. The van der Waals surface area contributed by atoms with Crippen molar-refractivity contribution in [3.8, 4) is 0 Å². The second kappa shape index (κ2) is 3.04. The van der Waals surface area contributed by atoms with Crippen LogP contribution in [-0.2, 0) is 0 Å². The van der Waals surface area contributed by atoms with E-state index in [0.717, 1.165) is 12.8 Å². The number of hydrogen-bond donors (Lipinski definition) is 0. The summed E-state index contributed by atoms with van der Waals surface area (Å²) in [6, 6.07) is 0. The van der Waals surface area contributed by atoms with Gasteiger partial charge >= 0.3 is 0 Å². The third-order valence-corrected chi connectivity index (χ3v) is 2.46. The van der Waals surface area contributed by atoms with Gasteiger partial charge in [0.15, 0.2) is 0 Å². The Kier molecular flexibility index (Phi) is 2.41. The van der Waals surface area contributed by atoms with Gasteiger partial charge in [0.25, 0.3) is 0 Å². The average molecular weight is 165 g/mol. The molecule has 0 aliphatic carbocycles. The van der Waals surface area contributed by atoms with E-state index in [1.165, 1.54) is 17.0 Å². The van der Waals surface area contributed by atoms with Crippen LogP contribution in [0.15, 0.2) is 16.3 Å². The van der Waals surface area contributed by atoms with Crippen molar-refractivity contribution in [3.63, 3.8) is 0 Å². The standard InChI is InChI=1S/C11H19N/c1-6-9-7-10(8(2)12-9)11(3,4)5/h6-7H2,1-5H3. The smallest absolute Gasteiger partial charge is 0.0373 e. The Balaban J connectivity index is 2.82. The summed E-state index contributed by atoms with van der Waals surface area (Å²) in [6.07, 6.45) is 2.20. The fourth-order valence-electron chi connectivity index (χ4n) is 1.69. The zero-order valence-corrected chi connectivity index (χ0v) is 8.86. The largest absolute Gasteiger partial charge is 0.262 e. The molecule has 0 amide bonds. The first kappa shape index (κ1) is 9.50. The molecule has 1 heterocycles. The highest BCUT2D eigenvalue weighted by Crippen LogP contribution is 2.35. The molecular weight excluding hydrogens is 146 g/mol. The Morgan fingerprint density at radius 1 is 1.33 bits per heavy atom. The molecule has 1 rings (SSSR count). The van der Waals surface area contributed by atoms with Gasteiger partial charge in [-0.15, -0.1) is 0 Å². The molecule has 0 saturated carbocycles. The second-order valence-electron chi connectivity index (χ2n) is 4.52. The Morgan fingerprint density at radius 2 is 1.92 bits per heavy atom. The van der Waals surface area contributed by atoms with E-state index >= 15 is 0 Å². The van der Waals surface area contributed by atoms with Crippen LogP contribution in [0.3, 0.4) is 0 Å². The highest BCUT2D eigenvalue weighted by Gasteiger charge is 2.24. The van der Waals surface area contributed by atoms with Crippen molar-refractivity contribution >= 4 is 5.71 Å². The van der Waals surface area contributed by atoms with E-state index in [1.54, 1.807) is 0 Å².